The van der Waals surface area contributed by atoms with Gasteiger partial charge in [-0.15, -0.1) is 0 Å². The molecule has 1 aromatic rings. The van der Waals surface area contributed by atoms with Crippen LogP contribution in [0.25, 0.3) is 0 Å². The molecule has 0 unspecified atom stereocenters. The van der Waals surface area contributed by atoms with Crippen molar-refractivity contribution in [3.63, 3.8) is 0 Å². The Balaban J connectivity index is 2.15. The monoisotopic (exact) mass is 304 g/mol. The lowest BCUT2D eigenvalue weighted by molar-refractivity contribution is 0.0530. The highest BCUT2D eigenvalue weighted by atomic mass is 16.5. The second kappa shape index (κ2) is 6.90. The van der Waals surface area contributed by atoms with E-state index >= 15 is 0 Å². The van der Waals surface area contributed by atoms with Gasteiger partial charge in [0.25, 0.3) is 5.91 Å². The Labute approximate surface area is 131 Å². The van der Waals surface area contributed by atoms with Crippen molar-refractivity contribution in [1.29, 1.82) is 0 Å². The lowest BCUT2D eigenvalue weighted by atomic mass is 9.78. The van der Waals surface area contributed by atoms with Crippen LogP contribution in [0, 0.1) is 5.41 Å². The Morgan fingerprint density at radius 1 is 1.45 bits per heavy atom. The normalized spacial score (nSPS) is 21.5. The molecule has 5 nitrogen and oxygen atoms in total. The summed E-state index contributed by atoms with van der Waals surface area (Å²) in [5, 5.41) is 0. The maximum atomic E-state index is 12.7. The van der Waals surface area contributed by atoms with Crippen LogP contribution in [0.2, 0.25) is 0 Å². The smallest absolute Gasteiger partial charge is 0.356 e. The number of nitrogens with zero attached hydrogens (tertiary/aromatic N) is 2. The topological polar surface area (TPSA) is 59.5 Å². The number of hydrogen-bond acceptors (Lipinski definition) is 4. The molecule has 0 radical (unpaired) electrons. The van der Waals surface area contributed by atoms with Crippen molar-refractivity contribution >= 4 is 11.9 Å². The third-order valence-corrected chi connectivity index (χ3v) is 4.32. The van der Waals surface area contributed by atoms with Gasteiger partial charge in [-0.3, -0.25) is 4.79 Å². The molecule has 1 aromatic heterocycles. The van der Waals surface area contributed by atoms with Gasteiger partial charge < -0.3 is 9.64 Å². The number of esters is 1. The number of rotatable bonds is 4. The predicted octanol–water partition coefficient (Wildman–Crippen LogP) is 2.91. The number of ether oxygens (including phenoxy) is 1. The highest BCUT2D eigenvalue weighted by molar-refractivity contribution is 5.97. The van der Waals surface area contributed by atoms with Crippen LogP contribution < -0.4 is 0 Å². The van der Waals surface area contributed by atoms with Gasteiger partial charge in [-0.05, 0) is 36.8 Å². The number of piperidine rings is 1. The minimum absolute atomic E-state index is 0.0328. The zero-order valence-electron chi connectivity index (χ0n) is 13.6. The number of carbonyl (C=O) groups excluding carboxylic acids is 2. The van der Waals surface area contributed by atoms with E-state index < -0.39 is 5.97 Å². The first-order chi connectivity index (χ1) is 10.5. The van der Waals surface area contributed by atoms with Gasteiger partial charge >= 0.3 is 5.97 Å². The van der Waals surface area contributed by atoms with E-state index in [2.05, 4.69) is 23.6 Å². The third kappa shape index (κ3) is 3.64. The van der Waals surface area contributed by atoms with Crippen molar-refractivity contribution in [2.24, 2.45) is 5.41 Å². The molecule has 0 saturated carbocycles. The molecule has 0 aromatic carbocycles. The lowest BCUT2D eigenvalue weighted by Crippen LogP contribution is -2.44. The number of methoxy groups -OCH3 is 1. The highest BCUT2D eigenvalue weighted by Crippen LogP contribution is 2.34. The predicted molar refractivity (Wildman–Crippen MR) is 83.7 cm³/mol. The van der Waals surface area contributed by atoms with E-state index in [1.54, 1.807) is 6.07 Å². The second-order valence-electron chi connectivity index (χ2n) is 6.31. The van der Waals surface area contributed by atoms with Gasteiger partial charge in [0, 0.05) is 24.8 Å². The van der Waals surface area contributed by atoms with Gasteiger partial charge in [0.2, 0.25) is 0 Å². The molecule has 22 heavy (non-hydrogen) atoms. The zero-order chi connectivity index (χ0) is 16.2. The van der Waals surface area contributed by atoms with Crippen molar-refractivity contribution in [2.45, 2.75) is 39.5 Å². The molecule has 0 bridgehead atoms. The molecule has 1 aliphatic rings. The summed E-state index contributed by atoms with van der Waals surface area (Å²) in [5.41, 5.74) is 0.860. The van der Waals surface area contributed by atoms with Gasteiger partial charge in [-0.2, -0.15) is 0 Å². The third-order valence-electron chi connectivity index (χ3n) is 4.32. The molecule has 1 aliphatic heterocycles. The number of likely N-dealkylation sites (tertiary alicyclic amines) is 1. The molecular weight excluding hydrogens is 280 g/mol. The van der Waals surface area contributed by atoms with Crippen LogP contribution in [0.1, 0.15) is 60.4 Å². The number of carbonyl (C=O) groups is 2. The summed E-state index contributed by atoms with van der Waals surface area (Å²) in [6.07, 6.45) is 5.92. The van der Waals surface area contributed by atoms with Gasteiger partial charge in [-0.1, -0.05) is 20.3 Å². The number of aromatic nitrogens is 1. The van der Waals surface area contributed by atoms with Crippen molar-refractivity contribution in [2.75, 3.05) is 20.2 Å². The van der Waals surface area contributed by atoms with E-state index in [0.29, 0.717) is 5.56 Å². The molecule has 1 saturated heterocycles. The van der Waals surface area contributed by atoms with Crippen LogP contribution in [-0.4, -0.2) is 42.0 Å². The van der Waals surface area contributed by atoms with Crippen LogP contribution in [0.15, 0.2) is 18.3 Å². The Hall–Kier alpha value is -1.91. The molecule has 2 heterocycles. The fourth-order valence-corrected chi connectivity index (χ4v) is 3.26. The molecule has 2 rings (SSSR count). The number of pyridine rings is 1. The Morgan fingerprint density at radius 3 is 2.91 bits per heavy atom. The average molecular weight is 304 g/mol. The van der Waals surface area contributed by atoms with E-state index in [1.807, 2.05) is 4.90 Å². The van der Waals surface area contributed by atoms with Crippen LogP contribution >= 0.6 is 0 Å². The molecule has 1 amide bonds. The molecule has 0 spiro atoms. The van der Waals surface area contributed by atoms with E-state index in [-0.39, 0.29) is 17.0 Å². The van der Waals surface area contributed by atoms with Crippen molar-refractivity contribution in [1.82, 2.24) is 9.88 Å². The molecule has 5 heteroatoms. The summed E-state index contributed by atoms with van der Waals surface area (Å²) in [4.78, 5) is 30.1. The minimum atomic E-state index is -0.524. The first-order valence-corrected chi connectivity index (χ1v) is 7.83. The summed E-state index contributed by atoms with van der Waals surface area (Å²) in [5.74, 6) is -0.557. The van der Waals surface area contributed by atoms with Gasteiger partial charge in [0.05, 0.1) is 7.11 Å². The fraction of sp³-hybridized carbons (Fsp3) is 0.588. The van der Waals surface area contributed by atoms with Crippen LogP contribution in [-0.2, 0) is 4.74 Å². The quantitative estimate of drug-likeness (QED) is 0.803. The van der Waals surface area contributed by atoms with Gasteiger partial charge in [-0.25, -0.2) is 9.78 Å². The molecule has 120 valence electrons. The minimum Gasteiger partial charge on any atom is -0.464 e. The summed E-state index contributed by atoms with van der Waals surface area (Å²) in [6.45, 7) is 5.98. The van der Waals surface area contributed by atoms with Crippen molar-refractivity contribution in [3.8, 4) is 0 Å². The maximum absolute atomic E-state index is 12.7. The number of amides is 1. The first kappa shape index (κ1) is 16.5. The van der Waals surface area contributed by atoms with Crippen LogP contribution in [0.3, 0.4) is 0 Å². The van der Waals surface area contributed by atoms with E-state index in [0.717, 1.165) is 38.8 Å². The summed E-state index contributed by atoms with van der Waals surface area (Å²) in [6, 6.07) is 3.17. The Kier molecular flexibility index (Phi) is 5.16. The van der Waals surface area contributed by atoms with E-state index in [1.165, 1.54) is 19.4 Å². The van der Waals surface area contributed by atoms with Gasteiger partial charge in [0.1, 0.15) is 5.69 Å². The fourth-order valence-electron chi connectivity index (χ4n) is 3.26. The maximum Gasteiger partial charge on any atom is 0.356 e. The summed E-state index contributed by atoms with van der Waals surface area (Å²) < 4.78 is 4.66. The molecule has 0 N–H and O–H groups in total. The van der Waals surface area contributed by atoms with Crippen molar-refractivity contribution in [3.05, 3.63) is 29.6 Å². The SMILES string of the molecule is CCC[C@]1(C)CCCN(C(=O)c2ccnc(C(=O)OC)c2)C1. The molecular formula is C17H24N2O3. The van der Waals surface area contributed by atoms with Gasteiger partial charge in [0.15, 0.2) is 0 Å². The standard InChI is InChI=1S/C17H24N2O3/c1-4-7-17(2)8-5-10-19(12-17)15(20)13-6-9-18-14(11-13)16(21)22-3/h6,9,11H,4-5,7-8,10,12H2,1-3H3/t17-/m1/s1. The number of hydrogen-bond donors (Lipinski definition) is 0. The highest BCUT2D eigenvalue weighted by Gasteiger charge is 2.32. The largest absolute Gasteiger partial charge is 0.464 e. The van der Waals surface area contributed by atoms with Crippen LogP contribution in [0.4, 0.5) is 0 Å². The second-order valence-corrected chi connectivity index (χ2v) is 6.31. The molecule has 0 aliphatic carbocycles. The Morgan fingerprint density at radius 2 is 2.23 bits per heavy atom. The average Bonchev–Trinajstić information content (AvgIpc) is 2.53. The van der Waals surface area contributed by atoms with Crippen LogP contribution in [0.5, 0.6) is 0 Å². The first-order valence-electron chi connectivity index (χ1n) is 7.83. The molecule has 1 fully saturated rings. The lowest BCUT2D eigenvalue weighted by Gasteiger charge is -2.40. The van der Waals surface area contributed by atoms with E-state index in [4.69, 9.17) is 0 Å². The zero-order valence-corrected chi connectivity index (χ0v) is 13.6. The summed E-state index contributed by atoms with van der Waals surface area (Å²) in [7, 11) is 1.30. The Bertz CT molecular complexity index is 555. The van der Waals surface area contributed by atoms with E-state index in [9.17, 15) is 9.59 Å². The summed E-state index contributed by atoms with van der Waals surface area (Å²) >= 11 is 0. The molecule has 1 atom stereocenters. The van der Waals surface area contributed by atoms with Crippen molar-refractivity contribution < 1.29 is 14.3 Å².